The minimum Gasteiger partial charge on any atom is -0.299 e. The molecule has 0 aromatic carbocycles. The van der Waals surface area contributed by atoms with E-state index in [4.69, 9.17) is 0 Å². The number of hydrogen-bond acceptors (Lipinski definition) is 2. The van der Waals surface area contributed by atoms with Crippen molar-refractivity contribution in [3.63, 3.8) is 0 Å². The zero-order valence-electron chi connectivity index (χ0n) is 14.9. The zero-order valence-corrected chi connectivity index (χ0v) is 14.9. The van der Waals surface area contributed by atoms with Gasteiger partial charge in [0, 0.05) is 25.2 Å². The van der Waals surface area contributed by atoms with Gasteiger partial charge in [0.1, 0.15) is 11.6 Å². The number of hydrogen-bond donors (Lipinski definition) is 0. The second-order valence-corrected chi connectivity index (χ2v) is 9.18. The van der Waals surface area contributed by atoms with E-state index < -0.39 is 0 Å². The van der Waals surface area contributed by atoms with Crippen LogP contribution in [0.5, 0.6) is 0 Å². The summed E-state index contributed by atoms with van der Waals surface area (Å²) in [6, 6.07) is 0. The Morgan fingerprint density at radius 1 is 1.22 bits per heavy atom. The normalized spacial score (nSPS) is 49.3. The molecular formula is C21H30O2. The molecule has 3 fully saturated rings. The molecule has 0 saturated heterocycles. The molecule has 0 radical (unpaired) electrons. The van der Waals surface area contributed by atoms with Crippen LogP contribution in [-0.4, -0.2) is 11.6 Å². The number of ketones is 2. The average molecular weight is 314 g/mol. The van der Waals surface area contributed by atoms with Crippen LogP contribution in [0.25, 0.3) is 0 Å². The summed E-state index contributed by atoms with van der Waals surface area (Å²) in [5.41, 5.74) is 1.50. The summed E-state index contributed by atoms with van der Waals surface area (Å²) in [5, 5.41) is 0. The van der Waals surface area contributed by atoms with Gasteiger partial charge in [-0.25, -0.2) is 0 Å². The molecule has 3 saturated carbocycles. The Morgan fingerprint density at radius 2 is 2.00 bits per heavy atom. The van der Waals surface area contributed by atoms with Gasteiger partial charge in [0.05, 0.1) is 0 Å². The Hall–Kier alpha value is -0.920. The molecule has 23 heavy (non-hydrogen) atoms. The third-order valence-electron chi connectivity index (χ3n) is 8.31. The molecule has 0 heterocycles. The monoisotopic (exact) mass is 314 g/mol. The van der Waals surface area contributed by atoms with Crippen LogP contribution in [0, 0.1) is 34.5 Å². The Morgan fingerprint density at radius 3 is 2.74 bits per heavy atom. The van der Waals surface area contributed by atoms with Crippen molar-refractivity contribution in [2.75, 3.05) is 0 Å². The SMILES string of the molecule is CC[C@H]1CC[C@H]2[C@@H]3CC=C4CC(=O)CC[C@]4(C)[C@H]3C(=O)C[C@]12C. The van der Waals surface area contributed by atoms with E-state index in [1.54, 1.807) is 0 Å². The van der Waals surface area contributed by atoms with Crippen LogP contribution >= 0.6 is 0 Å². The van der Waals surface area contributed by atoms with Gasteiger partial charge in [-0.3, -0.25) is 9.59 Å². The molecule has 4 aliphatic rings. The predicted molar refractivity (Wildman–Crippen MR) is 90.9 cm³/mol. The lowest BCUT2D eigenvalue weighted by Crippen LogP contribution is -2.54. The number of Topliss-reactive ketones (excluding diaryl/α,β-unsaturated/α-hetero) is 2. The third-order valence-corrected chi connectivity index (χ3v) is 8.31. The first kappa shape index (κ1) is 15.6. The Labute approximate surface area is 140 Å². The lowest BCUT2D eigenvalue weighted by atomic mass is 9.47. The third kappa shape index (κ3) is 1.99. The Balaban J connectivity index is 1.74. The van der Waals surface area contributed by atoms with Crippen LogP contribution < -0.4 is 0 Å². The van der Waals surface area contributed by atoms with Crippen molar-refractivity contribution in [3.05, 3.63) is 11.6 Å². The number of allylic oxidation sites excluding steroid dienone is 2. The van der Waals surface area contributed by atoms with E-state index in [9.17, 15) is 9.59 Å². The molecule has 0 amide bonds. The van der Waals surface area contributed by atoms with Gasteiger partial charge in [-0.05, 0) is 54.3 Å². The first-order valence-corrected chi connectivity index (χ1v) is 9.64. The van der Waals surface area contributed by atoms with Crippen LogP contribution in [-0.2, 0) is 9.59 Å². The zero-order chi connectivity index (χ0) is 16.4. The summed E-state index contributed by atoms with van der Waals surface area (Å²) in [5.74, 6) is 3.03. The molecule has 2 nitrogen and oxygen atoms in total. The summed E-state index contributed by atoms with van der Waals surface area (Å²) in [6.07, 6.45) is 10.2. The highest BCUT2D eigenvalue weighted by Gasteiger charge is 2.61. The fourth-order valence-electron chi connectivity index (χ4n) is 7.08. The maximum Gasteiger partial charge on any atom is 0.137 e. The van der Waals surface area contributed by atoms with E-state index in [-0.39, 0.29) is 16.7 Å². The second kappa shape index (κ2) is 5.04. The molecule has 4 rings (SSSR count). The summed E-state index contributed by atoms with van der Waals surface area (Å²) < 4.78 is 0. The lowest BCUT2D eigenvalue weighted by Gasteiger charge is -2.56. The van der Waals surface area contributed by atoms with Crippen molar-refractivity contribution in [2.45, 2.75) is 72.1 Å². The van der Waals surface area contributed by atoms with Crippen LogP contribution in [0.4, 0.5) is 0 Å². The molecule has 0 aromatic rings. The first-order chi connectivity index (χ1) is 10.9. The average Bonchev–Trinajstić information content (AvgIpc) is 2.83. The quantitative estimate of drug-likeness (QED) is 0.656. The van der Waals surface area contributed by atoms with Crippen LogP contribution in [0.1, 0.15) is 72.1 Å². The minimum absolute atomic E-state index is 0.0282. The van der Waals surface area contributed by atoms with Gasteiger partial charge < -0.3 is 0 Å². The Kier molecular flexibility index (Phi) is 3.42. The molecule has 6 atom stereocenters. The number of carbonyl (C=O) groups is 2. The van der Waals surface area contributed by atoms with E-state index in [0.717, 1.165) is 25.2 Å². The molecular weight excluding hydrogens is 284 g/mol. The topological polar surface area (TPSA) is 34.1 Å². The van der Waals surface area contributed by atoms with E-state index in [0.29, 0.717) is 36.2 Å². The summed E-state index contributed by atoms with van der Waals surface area (Å²) >= 11 is 0. The van der Waals surface area contributed by atoms with Crippen molar-refractivity contribution >= 4 is 11.6 Å². The first-order valence-electron chi connectivity index (χ1n) is 9.64. The minimum atomic E-state index is -0.0282. The van der Waals surface area contributed by atoms with Crippen molar-refractivity contribution in [1.82, 2.24) is 0 Å². The molecule has 126 valence electrons. The molecule has 0 N–H and O–H groups in total. The van der Waals surface area contributed by atoms with Crippen molar-refractivity contribution in [1.29, 1.82) is 0 Å². The van der Waals surface area contributed by atoms with Gasteiger partial charge >= 0.3 is 0 Å². The molecule has 2 heteroatoms. The number of fused-ring (bicyclic) bond motifs is 5. The number of rotatable bonds is 1. The molecule has 4 aliphatic carbocycles. The molecule has 0 spiro atoms. The highest BCUT2D eigenvalue weighted by atomic mass is 16.1. The predicted octanol–water partition coefficient (Wildman–Crippen LogP) is 4.72. The summed E-state index contributed by atoms with van der Waals surface area (Å²) in [7, 11) is 0. The van der Waals surface area contributed by atoms with Gasteiger partial charge in [0.25, 0.3) is 0 Å². The largest absolute Gasteiger partial charge is 0.299 e. The summed E-state index contributed by atoms with van der Waals surface area (Å²) in [6.45, 7) is 6.98. The number of carbonyl (C=O) groups excluding carboxylic acids is 2. The van der Waals surface area contributed by atoms with E-state index in [1.165, 1.54) is 24.8 Å². The molecule has 0 unspecified atom stereocenters. The van der Waals surface area contributed by atoms with Crippen molar-refractivity contribution in [3.8, 4) is 0 Å². The molecule has 0 aliphatic heterocycles. The standard InChI is InChI=1S/C21H30O2/c1-4-13-6-8-17-16-7-5-14-11-15(22)9-10-20(14,2)19(16)18(23)12-21(13,17)3/h5,13,16-17,19H,4,6-12H2,1-3H3/t13-,16-,17-,19+,20-,21+/m0/s1. The van der Waals surface area contributed by atoms with Crippen LogP contribution in [0.2, 0.25) is 0 Å². The van der Waals surface area contributed by atoms with E-state index in [1.807, 2.05) is 0 Å². The fourth-order valence-corrected chi connectivity index (χ4v) is 7.08. The smallest absolute Gasteiger partial charge is 0.137 e. The van der Waals surface area contributed by atoms with E-state index in [2.05, 4.69) is 26.8 Å². The summed E-state index contributed by atoms with van der Waals surface area (Å²) in [4.78, 5) is 25.2. The van der Waals surface area contributed by atoms with Gasteiger partial charge in [-0.2, -0.15) is 0 Å². The van der Waals surface area contributed by atoms with Crippen LogP contribution in [0.3, 0.4) is 0 Å². The second-order valence-electron chi connectivity index (χ2n) is 9.18. The van der Waals surface area contributed by atoms with Gasteiger partial charge in [0.2, 0.25) is 0 Å². The highest BCUT2D eigenvalue weighted by molar-refractivity contribution is 5.87. The van der Waals surface area contributed by atoms with Crippen molar-refractivity contribution < 1.29 is 9.59 Å². The van der Waals surface area contributed by atoms with Gasteiger partial charge in [0.15, 0.2) is 0 Å². The maximum absolute atomic E-state index is 13.3. The lowest BCUT2D eigenvalue weighted by molar-refractivity contribution is -0.145. The van der Waals surface area contributed by atoms with Crippen molar-refractivity contribution in [2.24, 2.45) is 34.5 Å². The fraction of sp³-hybridized carbons (Fsp3) is 0.810. The van der Waals surface area contributed by atoms with Crippen LogP contribution in [0.15, 0.2) is 11.6 Å². The van der Waals surface area contributed by atoms with Gasteiger partial charge in [-0.15, -0.1) is 0 Å². The molecule has 0 aromatic heterocycles. The Bertz CT molecular complexity index is 589. The van der Waals surface area contributed by atoms with E-state index >= 15 is 0 Å². The molecule has 0 bridgehead atoms. The van der Waals surface area contributed by atoms with Gasteiger partial charge in [-0.1, -0.05) is 38.8 Å². The maximum atomic E-state index is 13.3. The highest BCUT2D eigenvalue weighted by Crippen LogP contribution is 2.65.